The molecule has 0 saturated heterocycles. The summed E-state index contributed by atoms with van der Waals surface area (Å²) in [5.41, 5.74) is 3.12. The third-order valence-corrected chi connectivity index (χ3v) is 7.80. The number of fused-ring (bicyclic) bond motifs is 1. The summed E-state index contributed by atoms with van der Waals surface area (Å²) in [5.74, 6) is 0.0445. The van der Waals surface area contributed by atoms with Crippen molar-refractivity contribution in [2.45, 2.75) is 75.6 Å². The lowest BCUT2D eigenvalue weighted by Crippen LogP contribution is -2.40. The van der Waals surface area contributed by atoms with E-state index >= 15 is 0 Å². The third-order valence-electron chi connectivity index (χ3n) is 6.93. The molecule has 0 radical (unpaired) electrons. The molecule has 3 rings (SSSR count). The number of unbranched alkanes of at least 4 members (excludes halogenated alkanes) is 3. The molecule has 0 fully saturated rings. The number of hydrogen-bond acceptors (Lipinski definition) is 6. The molecule has 0 aliphatic heterocycles. The molecule has 1 aliphatic carbocycles. The van der Waals surface area contributed by atoms with Crippen LogP contribution in [-0.4, -0.2) is 60.3 Å². The van der Waals surface area contributed by atoms with Crippen LogP contribution in [0, 0.1) is 0 Å². The van der Waals surface area contributed by atoms with E-state index in [2.05, 4.69) is 17.1 Å². The van der Waals surface area contributed by atoms with E-state index < -0.39 is 10.1 Å². The number of phenols is 2. The number of phenolic OH excluding ortho intramolecular Hbond substituents is 2. The molecular weight excluding hydrogens is 535 g/mol. The van der Waals surface area contributed by atoms with Crippen molar-refractivity contribution in [3.63, 3.8) is 0 Å². The monoisotopic (exact) mass is 576 g/mol. The highest BCUT2D eigenvalue weighted by atomic mass is 35.5. The molecule has 37 heavy (non-hydrogen) atoms. The van der Waals surface area contributed by atoms with Crippen LogP contribution >= 0.6 is 24.8 Å². The molecule has 4 N–H and O–H groups in total. The summed E-state index contributed by atoms with van der Waals surface area (Å²) in [7, 11) is -4.13. The molecule has 0 saturated carbocycles. The van der Waals surface area contributed by atoms with Gasteiger partial charge >= 0.3 is 0 Å². The highest BCUT2D eigenvalue weighted by Gasteiger charge is 2.26. The summed E-state index contributed by atoms with van der Waals surface area (Å²) in [6, 6.07) is 10.4. The van der Waals surface area contributed by atoms with Crippen molar-refractivity contribution in [1.82, 2.24) is 10.2 Å². The summed E-state index contributed by atoms with van der Waals surface area (Å²) in [4.78, 5) is 2.54. The van der Waals surface area contributed by atoms with Crippen LogP contribution in [0.1, 0.15) is 62.1 Å². The molecule has 0 bridgehead atoms. The normalized spacial score (nSPS) is 15.1. The maximum absolute atomic E-state index is 11.1. The summed E-state index contributed by atoms with van der Waals surface area (Å²) >= 11 is 0. The lowest BCUT2D eigenvalue weighted by atomic mass is 9.86. The molecule has 0 heterocycles. The van der Waals surface area contributed by atoms with E-state index in [-0.39, 0.29) is 41.2 Å². The quantitative estimate of drug-likeness (QED) is 0.140. The van der Waals surface area contributed by atoms with Crippen LogP contribution in [0.5, 0.6) is 11.5 Å². The largest absolute Gasteiger partial charge is 0.504 e. The molecule has 1 aliphatic rings. The minimum absolute atomic E-state index is 0. The van der Waals surface area contributed by atoms with Crippen LogP contribution in [0.25, 0.3) is 0 Å². The van der Waals surface area contributed by atoms with E-state index in [9.17, 15) is 18.6 Å². The van der Waals surface area contributed by atoms with Crippen LogP contribution in [0.4, 0.5) is 0 Å². The first kappa shape index (κ1) is 33.5. The van der Waals surface area contributed by atoms with E-state index in [1.165, 1.54) is 31.4 Å². The van der Waals surface area contributed by atoms with Gasteiger partial charge in [-0.2, -0.15) is 8.42 Å². The van der Waals surface area contributed by atoms with Crippen molar-refractivity contribution in [3.8, 4) is 11.5 Å². The fourth-order valence-electron chi connectivity index (χ4n) is 4.98. The standard InChI is InChI=1S/C27H40N2O5S.2ClH/c1-2-18-29(23-10-13-25-22(20-23)9-14-26(30)27(25)31)19-6-4-3-5-16-28-17-15-21-7-11-24(12-8-21)35(32,33)34;;/h7-9,11-12,14,23,28,30-31H,2-6,10,13,15-20H2,1H3,(H,32,33,34);2*1H/t23-;;/m0../s1. The van der Waals surface area contributed by atoms with E-state index in [4.69, 9.17) is 4.55 Å². The van der Waals surface area contributed by atoms with Gasteiger partial charge in [0, 0.05) is 11.6 Å². The van der Waals surface area contributed by atoms with Gasteiger partial charge in [0.25, 0.3) is 10.1 Å². The number of aromatic hydroxyl groups is 2. The molecule has 7 nitrogen and oxygen atoms in total. The Labute approximate surface area is 234 Å². The van der Waals surface area contributed by atoms with Crippen LogP contribution in [0.15, 0.2) is 41.3 Å². The van der Waals surface area contributed by atoms with Gasteiger partial charge in [-0.05, 0) is 100 Å². The van der Waals surface area contributed by atoms with Gasteiger partial charge < -0.3 is 20.4 Å². The molecule has 0 spiro atoms. The molecular formula is C27H42Cl2N2O5S. The van der Waals surface area contributed by atoms with E-state index in [1.807, 2.05) is 6.07 Å². The molecule has 2 aromatic rings. The van der Waals surface area contributed by atoms with Gasteiger partial charge in [-0.3, -0.25) is 4.55 Å². The Morgan fingerprint density at radius 3 is 2.32 bits per heavy atom. The van der Waals surface area contributed by atoms with Crippen molar-refractivity contribution in [2.75, 3.05) is 26.2 Å². The lowest BCUT2D eigenvalue weighted by molar-refractivity contribution is 0.175. The highest BCUT2D eigenvalue weighted by Crippen LogP contribution is 2.36. The maximum atomic E-state index is 11.1. The Bertz CT molecular complexity index is 1050. The zero-order chi connectivity index (χ0) is 25.3. The van der Waals surface area contributed by atoms with Crippen molar-refractivity contribution in [1.29, 1.82) is 0 Å². The Hall–Kier alpha value is -1.55. The number of nitrogens with zero attached hydrogens (tertiary/aromatic N) is 1. The van der Waals surface area contributed by atoms with Crippen LogP contribution < -0.4 is 5.32 Å². The minimum Gasteiger partial charge on any atom is -0.504 e. The van der Waals surface area contributed by atoms with Gasteiger partial charge in [0.2, 0.25) is 0 Å². The van der Waals surface area contributed by atoms with Crippen LogP contribution in [0.2, 0.25) is 0 Å². The summed E-state index contributed by atoms with van der Waals surface area (Å²) in [5, 5.41) is 23.4. The molecule has 0 amide bonds. The average molecular weight is 578 g/mol. The van der Waals surface area contributed by atoms with Crippen molar-refractivity contribution < 1.29 is 23.2 Å². The topological polar surface area (TPSA) is 110 Å². The van der Waals surface area contributed by atoms with E-state index in [0.29, 0.717) is 6.04 Å². The second kappa shape index (κ2) is 16.4. The zero-order valence-corrected chi connectivity index (χ0v) is 24.0. The lowest BCUT2D eigenvalue weighted by Gasteiger charge is -2.35. The first-order chi connectivity index (χ1) is 16.8. The second-order valence-electron chi connectivity index (χ2n) is 9.54. The molecule has 2 aromatic carbocycles. The molecule has 0 aromatic heterocycles. The number of hydrogen-bond donors (Lipinski definition) is 4. The van der Waals surface area contributed by atoms with E-state index in [0.717, 1.165) is 81.4 Å². The summed E-state index contributed by atoms with van der Waals surface area (Å²) in [6.45, 7) is 6.23. The van der Waals surface area contributed by atoms with Crippen molar-refractivity contribution >= 4 is 34.9 Å². The van der Waals surface area contributed by atoms with Crippen molar-refractivity contribution in [2.24, 2.45) is 0 Å². The smallest absolute Gasteiger partial charge is 0.294 e. The fourth-order valence-corrected chi connectivity index (χ4v) is 5.46. The fraction of sp³-hybridized carbons (Fsp3) is 0.556. The van der Waals surface area contributed by atoms with E-state index in [1.54, 1.807) is 18.2 Å². The van der Waals surface area contributed by atoms with Crippen LogP contribution in [-0.2, 0) is 29.4 Å². The Balaban J connectivity index is 0.00000342. The first-order valence-corrected chi connectivity index (χ1v) is 14.3. The number of halogens is 2. The van der Waals surface area contributed by atoms with Gasteiger partial charge in [-0.25, -0.2) is 0 Å². The zero-order valence-electron chi connectivity index (χ0n) is 21.6. The Morgan fingerprint density at radius 1 is 0.946 bits per heavy atom. The molecule has 210 valence electrons. The molecule has 0 unspecified atom stereocenters. The van der Waals surface area contributed by atoms with Gasteiger partial charge in [0.05, 0.1) is 4.90 Å². The van der Waals surface area contributed by atoms with Gasteiger partial charge in [-0.15, -0.1) is 24.8 Å². The number of rotatable bonds is 14. The average Bonchev–Trinajstić information content (AvgIpc) is 2.84. The predicted octanol–water partition coefficient (Wildman–Crippen LogP) is 5.15. The summed E-state index contributed by atoms with van der Waals surface area (Å²) in [6.07, 6.45) is 9.44. The van der Waals surface area contributed by atoms with Gasteiger partial charge in [0.15, 0.2) is 11.5 Å². The second-order valence-corrected chi connectivity index (χ2v) is 11.0. The third kappa shape index (κ3) is 10.3. The SMILES string of the molecule is CCCN(CCCCCCNCCc1ccc(S(=O)(=O)O)cc1)[C@H]1CCc2c(ccc(O)c2O)C1.Cl.Cl. The summed E-state index contributed by atoms with van der Waals surface area (Å²) < 4.78 is 31.2. The number of nitrogens with one attached hydrogen (secondary N) is 1. The predicted molar refractivity (Wildman–Crippen MR) is 153 cm³/mol. The minimum atomic E-state index is -4.13. The Morgan fingerprint density at radius 2 is 1.65 bits per heavy atom. The molecule has 10 heteroatoms. The maximum Gasteiger partial charge on any atom is 0.294 e. The Kier molecular flexibility index (Phi) is 14.9. The van der Waals surface area contributed by atoms with Gasteiger partial charge in [-0.1, -0.05) is 38.0 Å². The van der Waals surface area contributed by atoms with Crippen LogP contribution in [0.3, 0.4) is 0 Å². The van der Waals surface area contributed by atoms with Gasteiger partial charge in [0.1, 0.15) is 0 Å². The van der Waals surface area contributed by atoms with Crippen molar-refractivity contribution in [3.05, 3.63) is 53.1 Å². The number of benzene rings is 2. The highest BCUT2D eigenvalue weighted by molar-refractivity contribution is 7.85. The molecule has 1 atom stereocenters. The first-order valence-electron chi connectivity index (χ1n) is 12.8.